The summed E-state index contributed by atoms with van der Waals surface area (Å²) in [4.78, 5) is 31.8. The number of aromatic carboxylic acids is 3. The largest absolute Gasteiger partial charge is 0.478 e. The molecule has 0 aromatic heterocycles. The van der Waals surface area contributed by atoms with Gasteiger partial charge < -0.3 is 25.5 Å². The van der Waals surface area contributed by atoms with Crippen LogP contribution < -0.4 is 0 Å². The van der Waals surface area contributed by atoms with Crippen molar-refractivity contribution in [1.29, 1.82) is 0 Å². The van der Waals surface area contributed by atoms with Gasteiger partial charge in [0, 0.05) is 13.2 Å². The van der Waals surface area contributed by atoms with Gasteiger partial charge in [0.05, 0.1) is 16.7 Å². The highest BCUT2D eigenvalue weighted by Crippen LogP contribution is 2.12. The van der Waals surface area contributed by atoms with E-state index < -0.39 is 29.0 Å². The fourth-order valence-corrected chi connectivity index (χ4v) is 1.26. The maximum atomic E-state index is 10.6. The number of benzene rings is 1. The average Bonchev–Trinajstić information content (AvgIpc) is 2.44. The van der Waals surface area contributed by atoms with E-state index in [-0.39, 0.29) is 18.8 Å². The van der Waals surface area contributed by atoms with Crippen molar-refractivity contribution in [3.63, 3.8) is 0 Å². The minimum absolute atomic E-state index is 0.195. The van der Waals surface area contributed by atoms with Crippen LogP contribution in [0.2, 0.25) is 0 Å². The highest BCUT2D eigenvalue weighted by Gasteiger charge is 2.17. The van der Waals surface area contributed by atoms with Crippen molar-refractivity contribution in [3.8, 4) is 0 Å². The zero-order chi connectivity index (χ0) is 16.4. The lowest BCUT2D eigenvalue weighted by atomic mass is 10.0. The molecule has 5 N–H and O–H groups in total. The minimum Gasteiger partial charge on any atom is -0.478 e. The van der Waals surface area contributed by atoms with Crippen molar-refractivity contribution >= 4 is 17.9 Å². The Morgan fingerprint density at radius 3 is 1.57 bits per heavy atom. The molecule has 0 saturated heterocycles. The third kappa shape index (κ3) is 6.50. The number of hydrogen-bond acceptors (Lipinski definition) is 5. The summed E-state index contributed by atoms with van der Waals surface area (Å²) < 4.78 is 0. The van der Waals surface area contributed by atoms with Crippen molar-refractivity contribution in [2.45, 2.75) is 12.8 Å². The molecule has 1 rings (SSSR count). The first kappa shape index (κ1) is 18.6. The summed E-state index contributed by atoms with van der Waals surface area (Å²) >= 11 is 0. The van der Waals surface area contributed by atoms with Gasteiger partial charge in [0.1, 0.15) is 0 Å². The Balaban J connectivity index is 0.000000567. The summed E-state index contributed by atoms with van der Waals surface area (Å²) in [6.45, 7) is 0.390. The number of hydrogen-bond donors (Lipinski definition) is 5. The van der Waals surface area contributed by atoms with Gasteiger partial charge >= 0.3 is 17.9 Å². The maximum Gasteiger partial charge on any atom is 0.336 e. The summed E-state index contributed by atoms with van der Waals surface area (Å²) in [5, 5.41) is 42.1. The molecular formula is C13H16O8. The standard InChI is InChI=1S/C9H6O6.C4H10O2/c10-7(11)4-1-2-5(8(12)13)6(3-4)9(14)15;5-3-1-2-4-6/h1-3H,(H,10,11)(H,12,13)(H,14,15);5-6H,1-4H2. The van der Waals surface area contributed by atoms with E-state index in [1.165, 1.54) is 0 Å². The van der Waals surface area contributed by atoms with Gasteiger partial charge in [-0.3, -0.25) is 0 Å². The molecule has 116 valence electrons. The molecule has 0 aliphatic carbocycles. The number of aliphatic hydroxyl groups excluding tert-OH is 2. The lowest BCUT2D eigenvalue weighted by molar-refractivity contribution is 0.0649. The van der Waals surface area contributed by atoms with Gasteiger partial charge in [-0.25, -0.2) is 14.4 Å². The smallest absolute Gasteiger partial charge is 0.336 e. The molecule has 0 bridgehead atoms. The van der Waals surface area contributed by atoms with Crippen LogP contribution in [0.1, 0.15) is 43.9 Å². The normalized spacial score (nSPS) is 9.43. The van der Waals surface area contributed by atoms with Crippen LogP contribution in [-0.2, 0) is 0 Å². The number of carboxylic acid groups (broad SMARTS) is 3. The summed E-state index contributed by atoms with van der Waals surface area (Å²) in [5.74, 6) is -4.20. The molecule has 21 heavy (non-hydrogen) atoms. The molecule has 0 unspecified atom stereocenters. The highest BCUT2D eigenvalue weighted by atomic mass is 16.4. The summed E-state index contributed by atoms with van der Waals surface area (Å²) in [6.07, 6.45) is 1.44. The van der Waals surface area contributed by atoms with Crippen LogP contribution in [0.25, 0.3) is 0 Å². The van der Waals surface area contributed by atoms with E-state index in [1.807, 2.05) is 0 Å². The molecule has 0 amide bonds. The molecule has 0 aliphatic heterocycles. The first-order valence-electron chi connectivity index (χ1n) is 5.90. The number of carbonyl (C=O) groups is 3. The number of unbranched alkanes of at least 4 members (excludes halogenated alkanes) is 1. The van der Waals surface area contributed by atoms with Crippen molar-refractivity contribution in [2.75, 3.05) is 13.2 Å². The van der Waals surface area contributed by atoms with Crippen molar-refractivity contribution in [1.82, 2.24) is 0 Å². The molecule has 0 atom stereocenters. The van der Waals surface area contributed by atoms with Crippen molar-refractivity contribution in [3.05, 3.63) is 34.9 Å². The first-order chi connectivity index (χ1) is 9.84. The Labute approximate surface area is 119 Å². The van der Waals surface area contributed by atoms with Crippen LogP contribution in [0.4, 0.5) is 0 Å². The molecule has 0 spiro atoms. The van der Waals surface area contributed by atoms with Gasteiger partial charge in [-0.2, -0.15) is 0 Å². The van der Waals surface area contributed by atoms with E-state index in [0.717, 1.165) is 31.0 Å². The lowest BCUT2D eigenvalue weighted by Gasteiger charge is -2.02. The van der Waals surface area contributed by atoms with E-state index in [9.17, 15) is 14.4 Å². The van der Waals surface area contributed by atoms with Crippen LogP contribution >= 0.6 is 0 Å². The number of aliphatic hydroxyl groups is 2. The van der Waals surface area contributed by atoms with E-state index in [2.05, 4.69) is 0 Å². The molecule has 1 aromatic rings. The second kappa shape index (κ2) is 9.45. The Morgan fingerprint density at radius 2 is 1.24 bits per heavy atom. The van der Waals surface area contributed by atoms with E-state index in [1.54, 1.807) is 0 Å². The average molecular weight is 300 g/mol. The van der Waals surface area contributed by atoms with Gasteiger partial charge in [-0.05, 0) is 31.0 Å². The van der Waals surface area contributed by atoms with Gasteiger partial charge in [0.2, 0.25) is 0 Å². The predicted octanol–water partition coefficient (Wildman–Crippen LogP) is 0.532. The fourth-order valence-electron chi connectivity index (χ4n) is 1.26. The summed E-state index contributed by atoms with van der Waals surface area (Å²) in [5.41, 5.74) is -1.24. The molecule has 1 aromatic carbocycles. The lowest BCUT2D eigenvalue weighted by Crippen LogP contribution is -2.10. The highest BCUT2D eigenvalue weighted by molar-refractivity contribution is 6.03. The Kier molecular flexibility index (Phi) is 8.35. The maximum absolute atomic E-state index is 10.6. The van der Waals surface area contributed by atoms with Crippen molar-refractivity contribution in [2.24, 2.45) is 0 Å². The third-order valence-electron chi connectivity index (χ3n) is 2.29. The van der Waals surface area contributed by atoms with Crippen LogP contribution in [-0.4, -0.2) is 56.7 Å². The van der Waals surface area contributed by atoms with Gasteiger partial charge in [0.15, 0.2) is 0 Å². The summed E-state index contributed by atoms with van der Waals surface area (Å²) in [7, 11) is 0. The molecule has 0 heterocycles. The molecule has 0 aliphatic rings. The molecule has 0 saturated carbocycles. The second-order valence-electron chi connectivity index (χ2n) is 3.83. The van der Waals surface area contributed by atoms with Crippen molar-refractivity contribution < 1.29 is 39.9 Å². The Bertz CT molecular complexity index is 505. The zero-order valence-electron chi connectivity index (χ0n) is 11.0. The fraction of sp³-hybridized carbons (Fsp3) is 0.308. The monoisotopic (exact) mass is 300 g/mol. The van der Waals surface area contributed by atoms with E-state index in [4.69, 9.17) is 25.5 Å². The minimum atomic E-state index is -1.48. The molecular weight excluding hydrogens is 284 g/mol. The quantitative estimate of drug-likeness (QED) is 0.477. The molecule has 0 fully saturated rings. The van der Waals surface area contributed by atoms with Gasteiger partial charge in [-0.1, -0.05) is 0 Å². The Hall–Kier alpha value is -2.45. The van der Waals surface area contributed by atoms with E-state index >= 15 is 0 Å². The SMILES string of the molecule is O=C(O)c1ccc(C(=O)O)c(C(=O)O)c1.OCCCCO. The number of rotatable bonds is 6. The molecule has 8 heteroatoms. The van der Waals surface area contributed by atoms with Gasteiger partial charge in [0.25, 0.3) is 0 Å². The second-order valence-corrected chi connectivity index (χ2v) is 3.83. The predicted molar refractivity (Wildman–Crippen MR) is 70.7 cm³/mol. The van der Waals surface area contributed by atoms with Gasteiger partial charge in [-0.15, -0.1) is 0 Å². The topological polar surface area (TPSA) is 152 Å². The Morgan fingerprint density at radius 1 is 0.762 bits per heavy atom. The zero-order valence-corrected chi connectivity index (χ0v) is 11.0. The molecule has 8 nitrogen and oxygen atoms in total. The first-order valence-corrected chi connectivity index (χ1v) is 5.90. The molecule has 0 radical (unpaired) electrons. The van der Waals surface area contributed by atoms with E-state index in [0.29, 0.717) is 0 Å². The van der Waals surface area contributed by atoms with Crippen LogP contribution in [0, 0.1) is 0 Å². The number of carboxylic acids is 3. The van der Waals surface area contributed by atoms with Crippen LogP contribution in [0.3, 0.4) is 0 Å². The van der Waals surface area contributed by atoms with Crippen LogP contribution in [0.15, 0.2) is 18.2 Å². The summed E-state index contributed by atoms with van der Waals surface area (Å²) in [6, 6.07) is 2.81. The van der Waals surface area contributed by atoms with Crippen LogP contribution in [0.5, 0.6) is 0 Å². The third-order valence-corrected chi connectivity index (χ3v) is 2.29.